The monoisotopic (exact) mass is 444 g/mol. The van der Waals surface area contributed by atoms with Crippen LogP contribution in [0.3, 0.4) is 0 Å². The summed E-state index contributed by atoms with van der Waals surface area (Å²) in [5, 5.41) is 2.85. The maximum Gasteiger partial charge on any atom is 0.257 e. The predicted molar refractivity (Wildman–Crippen MR) is 121 cm³/mol. The van der Waals surface area contributed by atoms with Gasteiger partial charge in [-0.2, -0.15) is 0 Å². The van der Waals surface area contributed by atoms with Crippen molar-refractivity contribution in [1.29, 1.82) is 0 Å². The summed E-state index contributed by atoms with van der Waals surface area (Å²) in [5.74, 6) is 0.921. The van der Waals surface area contributed by atoms with Crippen LogP contribution in [0.5, 0.6) is 11.5 Å². The normalized spacial score (nSPS) is 30.7. The summed E-state index contributed by atoms with van der Waals surface area (Å²) in [6.07, 6.45) is 5.39. The number of ether oxygens (including phenoxy) is 2. The maximum absolute atomic E-state index is 13.5. The van der Waals surface area contributed by atoms with Crippen LogP contribution in [0.15, 0.2) is 54.6 Å². The van der Waals surface area contributed by atoms with Crippen LogP contribution in [0, 0.1) is 35.5 Å². The molecule has 2 aromatic rings. The van der Waals surface area contributed by atoms with Crippen LogP contribution in [-0.2, 0) is 9.59 Å². The summed E-state index contributed by atoms with van der Waals surface area (Å²) in [6.45, 7) is 0. The van der Waals surface area contributed by atoms with Gasteiger partial charge < -0.3 is 14.8 Å². The summed E-state index contributed by atoms with van der Waals surface area (Å²) in [5.41, 5.74) is 1.02. The molecular weight excluding hydrogens is 420 g/mol. The first-order valence-electron chi connectivity index (χ1n) is 11.2. The minimum Gasteiger partial charge on any atom is -0.497 e. The van der Waals surface area contributed by atoms with E-state index in [1.54, 1.807) is 49.6 Å². The summed E-state index contributed by atoms with van der Waals surface area (Å²) in [6, 6.07) is 11.9. The van der Waals surface area contributed by atoms with Crippen molar-refractivity contribution < 1.29 is 23.9 Å². The van der Waals surface area contributed by atoms with E-state index in [0.29, 0.717) is 34.7 Å². The number of anilines is 2. The van der Waals surface area contributed by atoms with Gasteiger partial charge in [0.25, 0.3) is 5.91 Å². The number of imide groups is 1. The first kappa shape index (κ1) is 20.0. The van der Waals surface area contributed by atoms with Crippen LogP contribution in [0.25, 0.3) is 0 Å². The first-order valence-corrected chi connectivity index (χ1v) is 11.2. The van der Waals surface area contributed by atoms with Crippen LogP contribution < -0.4 is 19.7 Å². The van der Waals surface area contributed by atoms with E-state index in [1.165, 1.54) is 12.0 Å². The van der Waals surface area contributed by atoms with E-state index in [4.69, 9.17) is 9.47 Å². The molecule has 5 aliphatic rings. The molecule has 7 nitrogen and oxygen atoms in total. The lowest BCUT2D eigenvalue weighted by molar-refractivity contribution is -0.124. The van der Waals surface area contributed by atoms with E-state index in [-0.39, 0.29) is 41.0 Å². The molecule has 3 fully saturated rings. The van der Waals surface area contributed by atoms with Gasteiger partial charge in [0, 0.05) is 6.07 Å². The number of carbonyl (C=O) groups excluding carboxylic acids is 3. The molecule has 0 unspecified atom stereocenters. The van der Waals surface area contributed by atoms with Gasteiger partial charge in [-0.05, 0) is 54.4 Å². The molecule has 33 heavy (non-hydrogen) atoms. The fourth-order valence-electron chi connectivity index (χ4n) is 6.16. The van der Waals surface area contributed by atoms with Crippen LogP contribution >= 0.6 is 0 Å². The molecule has 3 amide bonds. The lowest BCUT2D eigenvalue weighted by Crippen LogP contribution is -2.40. The van der Waals surface area contributed by atoms with E-state index in [2.05, 4.69) is 17.5 Å². The third-order valence-corrected chi connectivity index (χ3v) is 7.71. The van der Waals surface area contributed by atoms with Gasteiger partial charge in [-0.25, -0.2) is 4.90 Å². The number of carbonyl (C=O) groups is 3. The number of nitrogens with zero attached hydrogens (tertiary/aromatic N) is 1. The number of methoxy groups -OCH3 is 2. The second-order valence-electron chi connectivity index (χ2n) is 9.20. The molecule has 2 saturated carbocycles. The van der Waals surface area contributed by atoms with Crippen LogP contribution in [0.1, 0.15) is 16.8 Å². The molecule has 7 heteroatoms. The Morgan fingerprint density at radius 2 is 1.61 bits per heavy atom. The number of para-hydroxylation sites is 1. The molecule has 2 aromatic carbocycles. The highest BCUT2D eigenvalue weighted by Gasteiger charge is 2.67. The van der Waals surface area contributed by atoms with Crippen molar-refractivity contribution in [2.45, 2.75) is 6.42 Å². The Labute approximate surface area is 191 Å². The summed E-state index contributed by atoms with van der Waals surface area (Å²) < 4.78 is 10.6. The largest absolute Gasteiger partial charge is 0.497 e. The lowest BCUT2D eigenvalue weighted by atomic mass is 9.63. The standard InChI is InChI=1S/C26H24N2O5/c1-32-13-7-10-21(33-2)19(11-13)27-24(29)16-5-3-4-6-20(16)28-25(30)22-14-8-9-15(18-12-17(14)18)23(22)26(28)31/h3-11,14-15,17-18,22-23H,12H2,1-2H3,(H,27,29)/t14-,15-,17-,18-,22+,23+/m0/s1. The zero-order chi connectivity index (χ0) is 22.9. The van der Waals surface area contributed by atoms with Crippen molar-refractivity contribution in [3.63, 3.8) is 0 Å². The molecule has 0 radical (unpaired) electrons. The van der Waals surface area contributed by atoms with Gasteiger partial charge in [0.1, 0.15) is 11.5 Å². The van der Waals surface area contributed by atoms with E-state index < -0.39 is 5.91 Å². The van der Waals surface area contributed by atoms with Crippen LogP contribution in [0.4, 0.5) is 11.4 Å². The molecule has 6 atom stereocenters. The molecule has 1 saturated heterocycles. The second kappa shape index (κ2) is 7.20. The van der Waals surface area contributed by atoms with Crippen LogP contribution in [-0.4, -0.2) is 31.9 Å². The lowest BCUT2D eigenvalue weighted by Gasteiger charge is -2.37. The van der Waals surface area contributed by atoms with Crippen molar-refractivity contribution in [2.24, 2.45) is 35.5 Å². The van der Waals surface area contributed by atoms with Gasteiger partial charge in [0.05, 0.1) is 43.0 Å². The summed E-state index contributed by atoms with van der Waals surface area (Å²) in [4.78, 5) is 41.6. The maximum atomic E-state index is 13.5. The average Bonchev–Trinajstić information content (AvgIpc) is 3.62. The van der Waals surface area contributed by atoms with Crippen molar-refractivity contribution in [1.82, 2.24) is 0 Å². The zero-order valence-corrected chi connectivity index (χ0v) is 18.4. The van der Waals surface area contributed by atoms with Gasteiger partial charge in [-0.15, -0.1) is 0 Å². The fourth-order valence-corrected chi connectivity index (χ4v) is 6.16. The Morgan fingerprint density at radius 3 is 2.24 bits per heavy atom. The number of nitrogens with one attached hydrogen (secondary N) is 1. The number of hydrogen-bond acceptors (Lipinski definition) is 5. The molecule has 7 rings (SSSR count). The molecule has 2 bridgehead atoms. The first-order chi connectivity index (χ1) is 16.0. The van der Waals surface area contributed by atoms with E-state index in [9.17, 15) is 14.4 Å². The number of hydrogen-bond donors (Lipinski definition) is 1. The third-order valence-electron chi connectivity index (χ3n) is 7.71. The number of benzene rings is 2. The van der Waals surface area contributed by atoms with Gasteiger partial charge in [0.2, 0.25) is 11.8 Å². The minimum absolute atomic E-state index is 0.133. The summed E-state index contributed by atoms with van der Waals surface area (Å²) >= 11 is 0. The quantitative estimate of drug-likeness (QED) is 0.564. The molecule has 1 aliphatic heterocycles. The van der Waals surface area contributed by atoms with Crippen molar-refractivity contribution in [3.05, 3.63) is 60.2 Å². The Balaban J connectivity index is 1.34. The Hall–Kier alpha value is -3.61. The van der Waals surface area contributed by atoms with Crippen molar-refractivity contribution in [3.8, 4) is 11.5 Å². The Bertz CT molecular complexity index is 1180. The molecule has 0 spiro atoms. The smallest absolute Gasteiger partial charge is 0.257 e. The van der Waals surface area contributed by atoms with E-state index >= 15 is 0 Å². The fraction of sp³-hybridized carbons (Fsp3) is 0.346. The molecule has 168 valence electrons. The predicted octanol–water partition coefficient (Wildman–Crippen LogP) is 3.51. The molecule has 4 aliphatic carbocycles. The highest BCUT2D eigenvalue weighted by molar-refractivity contribution is 6.25. The van der Waals surface area contributed by atoms with Gasteiger partial charge in [-0.3, -0.25) is 14.4 Å². The Kier molecular flexibility index (Phi) is 4.37. The highest BCUT2D eigenvalue weighted by atomic mass is 16.5. The van der Waals surface area contributed by atoms with E-state index in [1.807, 2.05) is 0 Å². The van der Waals surface area contributed by atoms with Gasteiger partial charge >= 0.3 is 0 Å². The van der Waals surface area contributed by atoms with Crippen molar-refractivity contribution >= 4 is 29.1 Å². The van der Waals surface area contributed by atoms with Gasteiger partial charge in [-0.1, -0.05) is 24.3 Å². The highest BCUT2D eigenvalue weighted by Crippen LogP contribution is 2.65. The molecule has 1 N–H and O–H groups in total. The summed E-state index contributed by atoms with van der Waals surface area (Å²) in [7, 11) is 3.06. The van der Waals surface area contributed by atoms with Crippen LogP contribution in [0.2, 0.25) is 0 Å². The molecule has 1 heterocycles. The number of allylic oxidation sites excluding steroid dienone is 2. The minimum atomic E-state index is -0.434. The Morgan fingerprint density at radius 1 is 0.939 bits per heavy atom. The SMILES string of the molecule is COc1ccc(OC)c(NC(=O)c2ccccc2N2C(=O)[C@@H]3[C@H]4C=C[C@@H]([C@@H]5C[C@@H]45)[C@H]3C2=O)c1. The number of amides is 3. The third kappa shape index (κ3) is 2.84. The van der Waals surface area contributed by atoms with Crippen molar-refractivity contribution in [2.75, 3.05) is 24.4 Å². The zero-order valence-electron chi connectivity index (χ0n) is 18.4. The van der Waals surface area contributed by atoms with E-state index in [0.717, 1.165) is 6.42 Å². The topological polar surface area (TPSA) is 84.9 Å². The van der Waals surface area contributed by atoms with Gasteiger partial charge in [0.15, 0.2) is 0 Å². The molecular formula is C26H24N2O5. The average molecular weight is 444 g/mol. The molecule has 0 aromatic heterocycles. The second-order valence-corrected chi connectivity index (χ2v) is 9.20. The number of rotatable bonds is 5.